The van der Waals surface area contributed by atoms with E-state index >= 15 is 0 Å². The first-order chi connectivity index (χ1) is 12.8. The number of hydrogen-bond donors (Lipinski definition) is 1. The highest BCUT2D eigenvalue weighted by atomic mass is 19.4. The molecular weight excluding hydrogens is 370 g/mol. The Hall–Kier alpha value is -3.56. The highest BCUT2D eigenvalue weighted by molar-refractivity contribution is 6.06. The lowest BCUT2D eigenvalue weighted by atomic mass is 10.1. The van der Waals surface area contributed by atoms with Crippen molar-refractivity contribution in [2.45, 2.75) is 6.18 Å². The van der Waals surface area contributed by atoms with Gasteiger partial charge in [-0.3, -0.25) is 14.9 Å². The Morgan fingerprint density at radius 3 is 2.48 bits per heavy atom. The van der Waals surface area contributed by atoms with Crippen molar-refractivity contribution in [2.24, 2.45) is 0 Å². The highest BCUT2D eigenvalue weighted by Gasteiger charge is 2.39. The van der Waals surface area contributed by atoms with Gasteiger partial charge in [-0.2, -0.15) is 18.2 Å². The number of amides is 2. The fourth-order valence-corrected chi connectivity index (χ4v) is 2.13. The topological polar surface area (TPSA) is 85.1 Å². The number of carbonyl (C=O) groups is 2. The van der Waals surface area contributed by atoms with Crippen LogP contribution in [0.4, 0.5) is 17.6 Å². The van der Waals surface area contributed by atoms with Crippen molar-refractivity contribution >= 4 is 11.8 Å². The molecule has 0 atom stereocenters. The van der Waals surface area contributed by atoms with E-state index in [4.69, 9.17) is 4.52 Å². The Balaban J connectivity index is 1.85. The number of alkyl halides is 3. The summed E-state index contributed by atoms with van der Waals surface area (Å²) in [7, 11) is 0. The van der Waals surface area contributed by atoms with Crippen LogP contribution in [0.5, 0.6) is 0 Å². The second kappa shape index (κ2) is 6.98. The highest BCUT2D eigenvalue weighted by Crippen LogP contribution is 2.24. The van der Waals surface area contributed by atoms with Crippen LogP contribution in [0.3, 0.4) is 0 Å². The molecule has 3 rings (SSSR count). The lowest BCUT2D eigenvalue weighted by molar-refractivity contribution is -0.172. The Morgan fingerprint density at radius 2 is 1.78 bits per heavy atom. The van der Waals surface area contributed by atoms with Crippen LogP contribution in [-0.4, -0.2) is 28.1 Å². The molecule has 0 saturated heterocycles. The Morgan fingerprint density at radius 1 is 1.04 bits per heavy atom. The summed E-state index contributed by atoms with van der Waals surface area (Å²) < 4.78 is 55.5. The van der Waals surface area contributed by atoms with Gasteiger partial charge >= 0.3 is 12.1 Å². The van der Waals surface area contributed by atoms with Gasteiger partial charge < -0.3 is 4.52 Å². The van der Waals surface area contributed by atoms with Crippen LogP contribution in [0.15, 0.2) is 53.1 Å². The van der Waals surface area contributed by atoms with Crippen LogP contribution in [0.1, 0.15) is 10.4 Å². The lowest BCUT2D eigenvalue weighted by Gasteiger charge is -2.07. The predicted molar refractivity (Wildman–Crippen MR) is 83.7 cm³/mol. The second-order valence-corrected chi connectivity index (χ2v) is 5.26. The van der Waals surface area contributed by atoms with Crippen molar-refractivity contribution in [1.82, 2.24) is 15.5 Å². The van der Waals surface area contributed by atoms with E-state index in [0.29, 0.717) is 0 Å². The van der Waals surface area contributed by atoms with Gasteiger partial charge in [-0.25, -0.2) is 4.39 Å². The molecule has 6 nitrogen and oxygen atoms in total. The van der Waals surface area contributed by atoms with E-state index in [-0.39, 0.29) is 28.4 Å². The minimum atomic E-state index is -5.18. The average Bonchev–Trinajstić information content (AvgIpc) is 3.11. The fourth-order valence-electron chi connectivity index (χ4n) is 2.13. The van der Waals surface area contributed by atoms with Crippen molar-refractivity contribution in [3.05, 3.63) is 59.9 Å². The average molecular weight is 379 g/mol. The van der Waals surface area contributed by atoms with Gasteiger partial charge in [0, 0.05) is 11.1 Å². The number of nitrogens with one attached hydrogen (secondary N) is 1. The molecule has 1 heterocycles. The number of halogens is 4. The van der Waals surface area contributed by atoms with Gasteiger partial charge in [0.15, 0.2) is 0 Å². The molecule has 3 aromatic rings. The molecule has 0 spiro atoms. The zero-order valence-electron chi connectivity index (χ0n) is 13.2. The first kappa shape index (κ1) is 18.2. The molecule has 0 saturated carbocycles. The summed E-state index contributed by atoms with van der Waals surface area (Å²) in [4.78, 5) is 26.7. The monoisotopic (exact) mass is 379 g/mol. The van der Waals surface area contributed by atoms with Crippen molar-refractivity contribution in [3.63, 3.8) is 0 Å². The molecule has 1 N–H and O–H groups in total. The number of benzene rings is 2. The maximum absolute atomic E-state index is 13.8. The minimum absolute atomic E-state index is 0.00921. The number of hydrogen-bond acceptors (Lipinski definition) is 5. The molecule has 27 heavy (non-hydrogen) atoms. The summed E-state index contributed by atoms with van der Waals surface area (Å²) >= 11 is 0. The maximum Gasteiger partial charge on any atom is 0.471 e. The van der Waals surface area contributed by atoms with Gasteiger partial charge in [-0.1, -0.05) is 29.4 Å². The van der Waals surface area contributed by atoms with Crippen LogP contribution in [0.25, 0.3) is 22.8 Å². The normalized spacial score (nSPS) is 11.3. The molecule has 10 heteroatoms. The Kier molecular flexibility index (Phi) is 4.72. The van der Waals surface area contributed by atoms with Crippen LogP contribution < -0.4 is 5.32 Å². The third kappa shape index (κ3) is 4.00. The number of nitrogens with zero attached hydrogens (tertiary/aromatic N) is 2. The molecule has 0 radical (unpaired) electrons. The van der Waals surface area contributed by atoms with E-state index in [1.165, 1.54) is 47.8 Å². The second-order valence-electron chi connectivity index (χ2n) is 5.26. The number of imide groups is 1. The molecule has 2 amide bonds. The third-order valence-corrected chi connectivity index (χ3v) is 3.40. The van der Waals surface area contributed by atoms with Crippen molar-refractivity contribution in [3.8, 4) is 22.8 Å². The van der Waals surface area contributed by atoms with Gasteiger partial charge in [0.25, 0.3) is 11.8 Å². The fraction of sp³-hybridized carbons (Fsp3) is 0.0588. The smallest absolute Gasteiger partial charge is 0.334 e. The first-order valence-electron chi connectivity index (χ1n) is 7.37. The van der Waals surface area contributed by atoms with Gasteiger partial charge in [-0.05, 0) is 24.3 Å². The summed E-state index contributed by atoms with van der Waals surface area (Å²) in [5.74, 6) is -4.31. The quantitative estimate of drug-likeness (QED) is 0.706. The van der Waals surface area contributed by atoms with E-state index < -0.39 is 23.8 Å². The third-order valence-electron chi connectivity index (χ3n) is 3.40. The summed E-state index contributed by atoms with van der Waals surface area (Å²) in [5, 5.41) is 4.91. The molecule has 138 valence electrons. The molecular formula is C17H9F4N3O3. The number of carbonyl (C=O) groups excluding carboxylic acids is 2. The van der Waals surface area contributed by atoms with Crippen LogP contribution in [0.2, 0.25) is 0 Å². The van der Waals surface area contributed by atoms with E-state index in [1.807, 2.05) is 0 Å². The van der Waals surface area contributed by atoms with E-state index in [1.54, 1.807) is 6.07 Å². The standard InChI is InChI=1S/C17H9F4N3O3/c18-12-7-2-1-6-11(12)15-22-13(24-27-15)9-4-3-5-10(8-9)14(25)23-16(26)17(19,20)21/h1-8H,(H,23,25,26). The molecule has 0 aliphatic rings. The Bertz CT molecular complexity index is 1010. The largest absolute Gasteiger partial charge is 0.471 e. The zero-order valence-corrected chi connectivity index (χ0v) is 13.2. The van der Waals surface area contributed by atoms with Crippen molar-refractivity contribution < 1.29 is 31.7 Å². The Labute approximate surface area is 148 Å². The zero-order chi connectivity index (χ0) is 19.6. The van der Waals surface area contributed by atoms with Gasteiger partial charge in [0.1, 0.15) is 5.82 Å². The number of rotatable bonds is 3. The minimum Gasteiger partial charge on any atom is -0.334 e. The molecule has 1 aromatic heterocycles. The van der Waals surface area contributed by atoms with E-state index in [2.05, 4.69) is 10.1 Å². The molecule has 0 aliphatic carbocycles. The van der Waals surface area contributed by atoms with Crippen LogP contribution in [0, 0.1) is 5.82 Å². The van der Waals surface area contributed by atoms with Crippen LogP contribution in [-0.2, 0) is 4.79 Å². The van der Waals surface area contributed by atoms with Gasteiger partial charge in [0.2, 0.25) is 5.82 Å². The molecule has 0 bridgehead atoms. The lowest BCUT2D eigenvalue weighted by Crippen LogP contribution is -2.40. The molecule has 0 unspecified atom stereocenters. The maximum atomic E-state index is 13.8. The summed E-state index contributed by atoms with van der Waals surface area (Å²) in [5.41, 5.74) is 0.0803. The molecule has 2 aromatic carbocycles. The molecule has 0 fully saturated rings. The van der Waals surface area contributed by atoms with Gasteiger partial charge in [-0.15, -0.1) is 0 Å². The number of aromatic nitrogens is 2. The first-order valence-corrected chi connectivity index (χ1v) is 7.37. The summed E-state index contributed by atoms with van der Waals surface area (Å²) in [6, 6.07) is 10.9. The van der Waals surface area contributed by atoms with Gasteiger partial charge in [0.05, 0.1) is 5.56 Å². The molecule has 0 aliphatic heterocycles. The predicted octanol–water partition coefficient (Wildman–Crippen LogP) is 3.36. The van der Waals surface area contributed by atoms with Crippen molar-refractivity contribution in [2.75, 3.05) is 0 Å². The SMILES string of the molecule is O=C(NC(=O)C(F)(F)F)c1cccc(-c2noc(-c3ccccc3F)n2)c1. The summed E-state index contributed by atoms with van der Waals surface area (Å²) in [6.07, 6.45) is -5.18. The van der Waals surface area contributed by atoms with Crippen molar-refractivity contribution in [1.29, 1.82) is 0 Å². The van der Waals surface area contributed by atoms with Crippen LogP contribution >= 0.6 is 0 Å². The summed E-state index contributed by atoms with van der Waals surface area (Å²) in [6.45, 7) is 0. The van der Waals surface area contributed by atoms with E-state index in [9.17, 15) is 27.2 Å². The van der Waals surface area contributed by atoms with E-state index in [0.717, 1.165) is 0 Å².